The third-order valence-electron chi connectivity index (χ3n) is 4.59. The summed E-state index contributed by atoms with van der Waals surface area (Å²) in [4.78, 5) is 25.2. The van der Waals surface area contributed by atoms with Gasteiger partial charge in [-0.05, 0) is 30.5 Å². The molecule has 0 saturated carbocycles. The van der Waals surface area contributed by atoms with Gasteiger partial charge in [-0.25, -0.2) is 0 Å². The molecule has 3 rings (SSSR count). The summed E-state index contributed by atoms with van der Waals surface area (Å²) in [5, 5.41) is 3.09. The molecule has 1 heterocycles. The highest BCUT2D eigenvalue weighted by Crippen LogP contribution is 2.11. The molecule has 1 amide bonds. The van der Waals surface area contributed by atoms with Crippen LogP contribution in [0.2, 0.25) is 0 Å². The fourth-order valence-electron chi connectivity index (χ4n) is 3.12. The van der Waals surface area contributed by atoms with Crippen LogP contribution < -0.4 is 5.32 Å². The first-order valence-corrected chi connectivity index (χ1v) is 9.25. The van der Waals surface area contributed by atoms with E-state index in [1.807, 2.05) is 36.4 Å². The summed E-state index contributed by atoms with van der Waals surface area (Å²) in [6, 6.07) is 22.9. The normalized spacial score (nSPS) is 11.7. The lowest BCUT2D eigenvalue weighted by molar-refractivity contribution is -0.122. The van der Waals surface area contributed by atoms with E-state index in [0.29, 0.717) is 11.3 Å². The van der Waals surface area contributed by atoms with Crippen LogP contribution in [0.4, 0.5) is 0 Å². The standard InChI is InChI=1S/C23H24N2O2/c1-2-20(16-18-10-5-3-6-11-18)24-22(26)17-25-15-9-14-21(25)23(27)19-12-7-4-8-13-19/h3-15,20H,2,16-17H2,1H3,(H,24,26)/t20-/m0/s1. The van der Waals surface area contributed by atoms with Crippen LogP contribution in [-0.4, -0.2) is 22.3 Å². The second-order valence-corrected chi connectivity index (χ2v) is 6.58. The summed E-state index contributed by atoms with van der Waals surface area (Å²) in [6.07, 6.45) is 3.42. The van der Waals surface area contributed by atoms with Gasteiger partial charge in [0.2, 0.25) is 11.7 Å². The SMILES string of the molecule is CC[C@@H](Cc1ccccc1)NC(=O)Cn1cccc1C(=O)c1ccccc1. The Hall–Kier alpha value is -3.14. The van der Waals surface area contributed by atoms with Crippen molar-refractivity contribution < 1.29 is 9.59 Å². The van der Waals surface area contributed by atoms with Crippen molar-refractivity contribution >= 4 is 11.7 Å². The molecule has 0 saturated heterocycles. The molecule has 27 heavy (non-hydrogen) atoms. The summed E-state index contributed by atoms with van der Waals surface area (Å²) >= 11 is 0. The molecule has 0 spiro atoms. The maximum Gasteiger partial charge on any atom is 0.240 e. The molecule has 0 aliphatic carbocycles. The van der Waals surface area contributed by atoms with Gasteiger partial charge in [-0.2, -0.15) is 0 Å². The Bertz CT molecular complexity index is 885. The summed E-state index contributed by atoms with van der Waals surface area (Å²) < 4.78 is 1.71. The van der Waals surface area contributed by atoms with Crippen LogP contribution in [0.25, 0.3) is 0 Å². The fourth-order valence-corrected chi connectivity index (χ4v) is 3.12. The molecule has 0 unspecified atom stereocenters. The lowest BCUT2D eigenvalue weighted by Gasteiger charge is -2.18. The van der Waals surface area contributed by atoms with E-state index in [-0.39, 0.29) is 24.3 Å². The Labute approximate surface area is 159 Å². The number of nitrogens with zero attached hydrogens (tertiary/aromatic N) is 1. The van der Waals surface area contributed by atoms with Gasteiger partial charge in [-0.15, -0.1) is 0 Å². The van der Waals surface area contributed by atoms with Crippen molar-refractivity contribution in [3.05, 3.63) is 95.8 Å². The van der Waals surface area contributed by atoms with Crippen molar-refractivity contribution in [3.63, 3.8) is 0 Å². The lowest BCUT2D eigenvalue weighted by atomic mass is 10.0. The molecule has 0 fully saturated rings. The lowest BCUT2D eigenvalue weighted by Crippen LogP contribution is -2.38. The molecule has 0 aliphatic rings. The van der Waals surface area contributed by atoms with Gasteiger partial charge >= 0.3 is 0 Å². The van der Waals surface area contributed by atoms with E-state index in [1.54, 1.807) is 35.0 Å². The van der Waals surface area contributed by atoms with Gasteiger partial charge in [0.25, 0.3) is 0 Å². The first kappa shape index (κ1) is 18.6. The minimum Gasteiger partial charge on any atom is -0.351 e. The highest BCUT2D eigenvalue weighted by atomic mass is 16.2. The van der Waals surface area contributed by atoms with E-state index >= 15 is 0 Å². The summed E-state index contributed by atoms with van der Waals surface area (Å²) in [7, 11) is 0. The Morgan fingerprint density at radius 3 is 2.26 bits per heavy atom. The second kappa shape index (κ2) is 8.99. The predicted octanol–water partition coefficient (Wildman–Crippen LogP) is 3.86. The number of ketones is 1. The van der Waals surface area contributed by atoms with E-state index in [0.717, 1.165) is 12.8 Å². The van der Waals surface area contributed by atoms with E-state index in [4.69, 9.17) is 0 Å². The van der Waals surface area contributed by atoms with Gasteiger partial charge in [0.05, 0.1) is 5.69 Å². The molecule has 0 bridgehead atoms. The third kappa shape index (κ3) is 4.94. The Balaban J connectivity index is 1.64. The Morgan fingerprint density at radius 2 is 1.59 bits per heavy atom. The number of hydrogen-bond donors (Lipinski definition) is 1. The average molecular weight is 360 g/mol. The van der Waals surface area contributed by atoms with E-state index in [2.05, 4.69) is 24.4 Å². The molecule has 0 aliphatic heterocycles. The van der Waals surface area contributed by atoms with Gasteiger partial charge in [0, 0.05) is 17.8 Å². The van der Waals surface area contributed by atoms with Gasteiger partial charge in [0.1, 0.15) is 6.54 Å². The maximum atomic E-state index is 12.7. The zero-order chi connectivity index (χ0) is 19.1. The molecular weight excluding hydrogens is 336 g/mol. The quantitative estimate of drug-likeness (QED) is 0.620. The maximum absolute atomic E-state index is 12.7. The molecule has 1 N–H and O–H groups in total. The van der Waals surface area contributed by atoms with Crippen LogP contribution in [0, 0.1) is 0 Å². The molecule has 1 atom stereocenters. The molecule has 0 radical (unpaired) electrons. The molecule has 138 valence electrons. The van der Waals surface area contributed by atoms with E-state index in [9.17, 15) is 9.59 Å². The van der Waals surface area contributed by atoms with Crippen LogP contribution in [0.3, 0.4) is 0 Å². The van der Waals surface area contributed by atoms with Crippen LogP contribution >= 0.6 is 0 Å². The van der Waals surface area contributed by atoms with Crippen LogP contribution in [-0.2, 0) is 17.8 Å². The smallest absolute Gasteiger partial charge is 0.240 e. The average Bonchev–Trinajstić information content (AvgIpc) is 3.16. The zero-order valence-corrected chi connectivity index (χ0v) is 15.5. The largest absolute Gasteiger partial charge is 0.351 e. The predicted molar refractivity (Wildman–Crippen MR) is 107 cm³/mol. The van der Waals surface area contributed by atoms with E-state index < -0.39 is 0 Å². The first-order valence-electron chi connectivity index (χ1n) is 9.25. The van der Waals surface area contributed by atoms with Crippen molar-refractivity contribution in [1.82, 2.24) is 9.88 Å². The molecule has 4 heteroatoms. The van der Waals surface area contributed by atoms with Crippen molar-refractivity contribution in [1.29, 1.82) is 0 Å². The number of nitrogens with one attached hydrogen (secondary N) is 1. The minimum atomic E-state index is -0.0870. The van der Waals surface area contributed by atoms with Crippen molar-refractivity contribution in [2.45, 2.75) is 32.4 Å². The topological polar surface area (TPSA) is 51.1 Å². The first-order chi connectivity index (χ1) is 13.2. The number of aromatic nitrogens is 1. The monoisotopic (exact) mass is 360 g/mol. The van der Waals surface area contributed by atoms with Crippen LogP contribution in [0.15, 0.2) is 79.0 Å². The molecular formula is C23H24N2O2. The van der Waals surface area contributed by atoms with Gasteiger partial charge < -0.3 is 9.88 Å². The van der Waals surface area contributed by atoms with Crippen molar-refractivity contribution in [2.24, 2.45) is 0 Å². The van der Waals surface area contributed by atoms with Crippen LogP contribution in [0.5, 0.6) is 0 Å². The minimum absolute atomic E-state index is 0.0729. The zero-order valence-electron chi connectivity index (χ0n) is 15.5. The highest BCUT2D eigenvalue weighted by molar-refractivity contribution is 6.08. The number of carbonyl (C=O) groups is 2. The summed E-state index contributed by atoms with van der Waals surface area (Å²) in [5.41, 5.74) is 2.34. The molecule has 1 aromatic heterocycles. The van der Waals surface area contributed by atoms with Gasteiger partial charge in [-0.1, -0.05) is 67.6 Å². The Kier molecular flexibility index (Phi) is 6.21. The van der Waals surface area contributed by atoms with Crippen molar-refractivity contribution in [2.75, 3.05) is 0 Å². The Morgan fingerprint density at radius 1 is 0.926 bits per heavy atom. The van der Waals surface area contributed by atoms with E-state index in [1.165, 1.54) is 5.56 Å². The number of amides is 1. The number of hydrogen-bond acceptors (Lipinski definition) is 2. The van der Waals surface area contributed by atoms with Gasteiger partial charge in [0.15, 0.2) is 0 Å². The number of rotatable bonds is 8. The number of benzene rings is 2. The summed E-state index contributed by atoms with van der Waals surface area (Å²) in [5.74, 6) is -0.166. The summed E-state index contributed by atoms with van der Waals surface area (Å²) in [6.45, 7) is 2.19. The fraction of sp³-hybridized carbons (Fsp3) is 0.217. The van der Waals surface area contributed by atoms with Crippen LogP contribution in [0.1, 0.15) is 35.0 Å². The van der Waals surface area contributed by atoms with Crippen molar-refractivity contribution in [3.8, 4) is 0 Å². The molecule has 3 aromatic rings. The second-order valence-electron chi connectivity index (χ2n) is 6.58. The van der Waals surface area contributed by atoms with Gasteiger partial charge in [-0.3, -0.25) is 9.59 Å². The molecule has 2 aromatic carbocycles. The molecule has 4 nitrogen and oxygen atoms in total. The third-order valence-corrected chi connectivity index (χ3v) is 4.59. The number of carbonyl (C=O) groups excluding carboxylic acids is 2. The highest BCUT2D eigenvalue weighted by Gasteiger charge is 2.16.